The molecule has 1 aromatic rings. The van der Waals surface area contributed by atoms with Gasteiger partial charge in [-0.25, -0.2) is 9.59 Å². The Hall–Kier alpha value is -2.44. The van der Waals surface area contributed by atoms with E-state index in [1.807, 2.05) is 32.9 Å². The average Bonchev–Trinajstić information content (AvgIpc) is 2.52. The smallest absolute Gasteiger partial charge is 0.410 e. The number of piperazine rings is 1. The summed E-state index contributed by atoms with van der Waals surface area (Å²) in [6.07, 6.45) is -0.308. The number of carboxylic acid groups (broad SMARTS) is 1. The highest BCUT2D eigenvalue weighted by Gasteiger charge is 2.26. The van der Waals surface area contributed by atoms with Crippen LogP contribution in [0.3, 0.4) is 0 Å². The first-order valence-corrected chi connectivity index (χ1v) is 7.93. The van der Waals surface area contributed by atoms with Crippen molar-refractivity contribution in [3.05, 3.63) is 24.3 Å². The molecule has 0 aromatic heterocycles. The predicted molar refractivity (Wildman–Crippen MR) is 89.6 cm³/mol. The number of carbonyl (C=O) groups excluding carboxylic acids is 1. The minimum atomic E-state index is -1.01. The molecule has 24 heavy (non-hydrogen) atoms. The number of ether oxygens (including phenoxy) is 2. The van der Waals surface area contributed by atoms with Gasteiger partial charge in [-0.1, -0.05) is 12.1 Å². The number of carbonyl (C=O) groups is 2. The summed E-state index contributed by atoms with van der Waals surface area (Å²) in [5.74, 6) is -0.481. The van der Waals surface area contributed by atoms with Gasteiger partial charge in [0.05, 0.1) is 5.69 Å². The lowest BCUT2D eigenvalue weighted by molar-refractivity contribution is -0.139. The van der Waals surface area contributed by atoms with Crippen molar-refractivity contribution in [2.24, 2.45) is 0 Å². The van der Waals surface area contributed by atoms with Crippen LogP contribution in [0, 0.1) is 0 Å². The maximum absolute atomic E-state index is 12.1. The highest BCUT2D eigenvalue weighted by atomic mass is 16.6. The Morgan fingerprint density at radius 2 is 1.75 bits per heavy atom. The van der Waals surface area contributed by atoms with Crippen LogP contribution < -0.4 is 9.64 Å². The van der Waals surface area contributed by atoms with Gasteiger partial charge in [0.15, 0.2) is 6.61 Å². The maximum atomic E-state index is 12.1. The molecule has 1 aromatic carbocycles. The minimum Gasteiger partial charge on any atom is -0.480 e. The molecule has 0 bridgehead atoms. The summed E-state index contributed by atoms with van der Waals surface area (Å²) in [7, 11) is 0. The molecule has 7 nitrogen and oxygen atoms in total. The van der Waals surface area contributed by atoms with Gasteiger partial charge in [0, 0.05) is 26.2 Å². The molecule has 0 radical (unpaired) electrons. The van der Waals surface area contributed by atoms with E-state index < -0.39 is 11.6 Å². The van der Waals surface area contributed by atoms with E-state index in [1.165, 1.54) is 0 Å². The van der Waals surface area contributed by atoms with Crippen LogP contribution in [-0.2, 0) is 9.53 Å². The number of rotatable bonds is 4. The molecule has 1 heterocycles. The van der Waals surface area contributed by atoms with Gasteiger partial charge < -0.3 is 24.4 Å². The van der Waals surface area contributed by atoms with Crippen molar-refractivity contribution in [1.82, 2.24) is 4.90 Å². The Bertz CT molecular complexity index is 589. The molecule has 0 unspecified atom stereocenters. The molecule has 2 rings (SSSR count). The zero-order chi connectivity index (χ0) is 17.7. The van der Waals surface area contributed by atoms with Crippen molar-refractivity contribution in [3.8, 4) is 5.75 Å². The Morgan fingerprint density at radius 1 is 1.12 bits per heavy atom. The third-order valence-electron chi connectivity index (χ3n) is 3.49. The Kier molecular flexibility index (Phi) is 5.54. The van der Waals surface area contributed by atoms with Crippen LogP contribution in [0.4, 0.5) is 10.5 Å². The second-order valence-corrected chi connectivity index (χ2v) is 6.60. The van der Waals surface area contributed by atoms with E-state index >= 15 is 0 Å². The van der Waals surface area contributed by atoms with E-state index in [-0.39, 0.29) is 12.7 Å². The molecule has 7 heteroatoms. The molecule has 1 aliphatic rings. The van der Waals surface area contributed by atoms with Crippen LogP contribution in [0.5, 0.6) is 5.75 Å². The summed E-state index contributed by atoms with van der Waals surface area (Å²) in [6.45, 7) is 7.50. The molecule has 0 aliphatic carbocycles. The fraction of sp³-hybridized carbons (Fsp3) is 0.529. The number of nitrogens with zero attached hydrogens (tertiary/aromatic N) is 2. The number of aliphatic carboxylic acids is 1. The summed E-state index contributed by atoms with van der Waals surface area (Å²) in [4.78, 5) is 26.6. The number of para-hydroxylation sites is 2. The van der Waals surface area contributed by atoms with Crippen LogP contribution in [0.2, 0.25) is 0 Å². The second-order valence-electron chi connectivity index (χ2n) is 6.60. The van der Waals surface area contributed by atoms with Gasteiger partial charge in [0.25, 0.3) is 0 Å². The average molecular weight is 336 g/mol. The fourth-order valence-electron chi connectivity index (χ4n) is 2.44. The number of hydrogen-bond acceptors (Lipinski definition) is 5. The highest BCUT2D eigenvalue weighted by Crippen LogP contribution is 2.29. The normalized spacial score (nSPS) is 15.1. The van der Waals surface area contributed by atoms with Crippen molar-refractivity contribution < 1.29 is 24.2 Å². The van der Waals surface area contributed by atoms with Crippen LogP contribution in [0.15, 0.2) is 24.3 Å². The first-order valence-electron chi connectivity index (χ1n) is 7.93. The van der Waals surface area contributed by atoms with Crippen LogP contribution >= 0.6 is 0 Å². The lowest BCUT2D eigenvalue weighted by atomic mass is 10.2. The second kappa shape index (κ2) is 7.42. The van der Waals surface area contributed by atoms with E-state index in [0.29, 0.717) is 31.9 Å². The largest absolute Gasteiger partial charge is 0.480 e. The number of benzene rings is 1. The van der Waals surface area contributed by atoms with Crippen molar-refractivity contribution in [2.75, 3.05) is 37.7 Å². The van der Waals surface area contributed by atoms with Gasteiger partial charge in [-0.2, -0.15) is 0 Å². The van der Waals surface area contributed by atoms with Crippen molar-refractivity contribution in [3.63, 3.8) is 0 Å². The number of hydrogen-bond donors (Lipinski definition) is 1. The third-order valence-corrected chi connectivity index (χ3v) is 3.49. The van der Waals surface area contributed by atoms with E-state index in [1.54, 1.807) is 17.0 Å². The Morgan fingerprint density at radius 3 is 2.33 bits per heavy atom. The molecular weight excluding hydrogens is 312 g/mol. The Labute approximate surface area is 141 Å². The van der Waals surface area contributed by atoms with Gasteiger partial charge in [0.2, 0.25) is 0 Å². The van der Waals surface area contributed by atoms with Crippen molar-refractivity contribution in [2.45, 2.75) is 26.4 Å². The molecule has 132 valence electrons. The van der Waals surface area contributed by atoms with E-state index in [4.69, 9.17) is 14.6 Å². The van der Waals surface area contributed by atoms with E-state index in [9.17, 15) is 9.59 Å². The minimum absolute atomic E-state index is 0.308. The molecular formula is C17H24N2O5. The van der Waals surface area contributed by atoms with Gasteiger partial charge >= 0.3 is 12.1 Å². The summed E-state index contributed by atoms with van der Waals surface area (Å²) in [5.41, 5.74) is 0.327. The first-order chi connectivity index (χ1) is 11.3. The topological polar surface area (TPSA) is 79.3 Å². The standard InChI is InChI=1S/C17H24N2O5/c1-17(2,3)24-16(22)19-10-8-18(9-11-19)13-6-4-5-7-14(13)23-12-15(20)21/h4-7H,8-12H2,1-3H3,(H,20,21). The highest BCUT2D eigenvalue weighted by molar-refractivity contribution is 5.70. The molecule has 0 spiro atoms. The summed E-state index contributed by atoms with van der Waals surface area (Å²) in [6, 6.07) is 7.32. The zero-order valence-corrected chi connectivity index (χ0v) is 14.3. The summed E-state index contributed by atoms with van der Waals surface area (Å²) < 4.78 is 10.7. The monoisotopic (exact) mass is 336 g/mol. The molecule has 0 atom stereocenters. The van der Waals surface area contributed by atoms with Crippen LogP contribution in [-0.4, -0.2) is 60.5 Å². The lowest BCUT2D eigenvalue weighted by Crippen LogP contribution is -2.50. The Balaban J connectivity index is 1.97. The molecule has 1 amide bonds. The van der Waals surface area contributed by atoms with Crippen molar-refractivity contribution >= 4 is 17.7 Å². The SMILES string of the molecule is CC(C)(C)OC(=O)N1CCN(c2ccccc2OCC(=O)O)CC1. The van der Waals surface area contributed by atoms with Gasteiger partial charge in [-0.15, -0.1) is 0 Å². The molecule has 1 fully saturated rings. The predicted octanol–water partition coefficient (Wildman–Crippen LogP) is 2.21. The van der Waals surface area contributed by atoms with Gasteiger partial charge in [0.1, 0.15) is 11.4 Å². The number of carboxylic acids is 1. The first kappa shape index (κ1) is 17.9. The zero-order valence-electron chi connectivity index (χ0n) is 14.3. The maximum Gasteiger partial charge on any atom is 0.410 e. The van der Waals surface area contributed by atoms with Crippen LogP contribution in [0.25, 0.3) is 0 Å². The lowest BCUT2D eigenvalue weighted by Gasteiger charge is -2.37. The third kappa shape index (κ3) is 5.04. The molecule has 1 aliphatic heterocycles. The number of anilines is 1. The molecule has 1 saturated heterocycles. The van der Waals surface area contributed by atoms with Gasteiger partial charge in [-0.05, 0) is 32.9 Å². The molecule has 1 N–H and O–H groups in total. The van der Waals surface area contributed by atoms with E-state index in [0.717, 1.165) is 5.69 Å². The summed E-state index contributed by atoms with van der Waals surface area (Å²) >= 11 is 0. The van der Waals surface area contributed by atoms with Crippen molar-refractivity contribution in [1.29, 1.82) is 0 Å². The molecule has 0 saturated carbocycles. The fourth-order valence-corrected chi connectivity index (χ4v) is 2.44. The summed E-state index contributed by atoms with van der Waals surface area (Å²) in [5, 5.41) is 8.77. The van der Waals surface area contributed by atoms with E-state index in [2.05, 4.69) is 4.90 Å². The van der Waals surface area contributed by atoms with Crippen LogP contribution in [0.1, 0.15) is 20.8 Å². The number of amides is 1. The van der Waals surface area contributed by atoms with Gasteiger partial charge in [-0.3, -0.25) is 0 Å². The quantitative estimate of drug-likeness (QED) is 0.908.